The van der Waals surface area contributed by atoms with E-state index in [2.05, 4.69) is 20.3 Å². The SMILES string of the molecule is COc1ccc2[nH]cc(CCNC(=O)c3cncnc3)c2c1. The van der Waals surface area contributed by atoms with Crippen LogP contribution in [-0.4, -0.2) is 34.5 Å². The molecule has 0 aliphatic rings. The Hall–Kier alpha value is -2.89. The molecule has 1 aromatic carbocycles. The lowest BCUT2D eigenvalue weighted by Crippen LogP contribution is -2.25. The van der Waals surface area contributed by atoms with Gasteiger partial charge < -0.3 is 15.0 Å². The number of benzene rings is 1. The fraction of sp³-hybridized carbons (Fsp3) is 0.188. The first-order valence-electron chi connectivity index (χ1n) is 6.95. The summed E-state index contributed by atoms with van der Waals surface area (Å²) >= 11 is 0. The second-order valence-electron chi connectivity index (χ2n) is 4.86. The van der Waals surface area contributed by atoms with Crippen LogP contribution in [0.4, 0.5) is 0 Å². The quantitative estimate of drug-likeness (QED) is 0.754. The second-order valence-corrected chi connectivity index (χ2v) is 4.86. The molecule has 0 radical (unpaired) electrons. The molecule has 0 atom stereocenters. The molecule has 0 fully saturated rings. The number of rotatable bonds is 5. The van der Waals surface area contributed by atoms with Crippen molar-refractivity contribution in [3.63, 3.8) is 0 Å². The third-order valence-electron chi connectivity index (χ3n) is 3.48. The summed E-state index contributed by atoms with van der Waals surface area (Å²) in [7, 11) is 1.65. The molecule has 22 heavy (non-hydrogen) atoms. The Labute approximate surface area is 127 Å². The third kappa shape index (κ3) is 2.90. The Morgan fingerprint density at radius 1 is 1.32 bits per heavy atom. The van der Waals surface area contributed by atoms with Gasteiger partial charge in [0.05, 0.1) is 12.7 Å². The predicted molar refractivity (Wildman–Crippen MR) is 82.9 cm³/mol. The third-order valence-corrected chi connectivity index (χ3v) is 3.48. The largest absolute Gasteiger partial charge is 0.497 e. The summed E-state index contributed by atoms with van der Waals surface area (Å²) in [5.41, 5.74) is 2.65. The molecule has 0 bridgehead atoms. The summed E-state index contributed by atoms with van der Waals surface area (Å²) in [6.07, 6.45) is 7.09. The van der Waals surface area contributed by atoms with E-state index in [0.717, 1.165) is 28.6 Å². The Kier molecular flexibility index (Phi) is 4.00. The van der Waals surface area contributed by atoms with Crippen molar-refractivity contribution in [2.24, 2.45) is 0 Å². The number of ether oxygens (including phenoxy) is 1. The molecule has 0 aliphatic carbocycles. The van der Waals surface area contributed by atoms with Crippen LogP contribution in [0.3, 0.4) is 0 Å². The first kappa shape index (κ1) is 14.1. The molecule has 6 nitrogen and oxygen atoms in total. The van der Waals surface area contributed by atoms with Crippen molar-refractivity contribution in [2.45, 2.75) is 6.42 Å². The molecule has 2 heterocycles. The highest BCUT2D eigenvalue weighted by atomic mass is 16.5. The molecule has 0 saturated heterocycles. The van der Waals surface area contributed by atoms with Gasteiger partial charge in [0, 0.05) is 36.0 Å². The lowest BCUT2D eigenvalue weighted by molar-refractivity contribution is 0.0953. The van der Waals surface area contributed by atoms with Crippen LogP contribution in [0.2, 0.25) is 0 Å². The molecule has 0 spiro atoms. The number of hydrogen-bond acceptors (Lipinski definition) is 4. The maximum Gasteiger partial charge on any atom is 0.254 e. The molecule has 0 saturated carbocycles. The van der Waals surface area contributed by atoms with Gasteiger partial charge in [-0.3, -0.25) is 4.79 Å². The van der Waals surface area contributed by atoms with Crippen molar-refractivity contribution < 1.29 is 9.53 Å². The number of carbonyl (C=O) groups is 1. The fourth-order valence-electron chi connectivity index (χ4n) is 2.32. The number of amides is 1. The standard InChI is InChI=1S/C16H16N4O2/c1-22-13-2-3-15-14(6-13)11(9-20-15)4-5-19-16(21)12-7-17-10-18-8-12/h2-3,6-10,20H,4-5H2,1H3,(H,19,21). The van der Waals surface area contributed by atoms with Gasteiger partial charge in [-0.15, -0.1) is 0 Å². The molecule has 2 aromatic heterocycles. The summed E-state index contributed by atoms with van der Waals surface area (Å²) in [4.78, 5) is 22.8. The Balaban J connectivity index is 1.65. The zero-order valence-corrected chi connectivity index (χ0v) is 12.2. The Bertz CT molecular complexity index is 783. The van der Waals surface area contributed by atoms with Crippen LogP contribution in [0, 0.1) is 0 Å². The van der Waals surface area contributed by atoms with Crippen LogP contribution in [0.1, 0.15) is 15.9 Å². The predicted octanol–water partition coefficient (Wildman–Crippen LogP) is 1.94. The maximum atomic E-state index is 11.9. The van der Waals surface area contributed by atoms with Crippen molar-refractivity contribution in [3.8, 4) is 5.75 Å². The van der Waals surface area contributed by atoms with Crippen LogP contribution < -0.4 is 10.1 Å². The average Bonchev–Trinajstić information content (AvgIpc) is 2.98. The zero-order chi connectivity index (χ0) is 15.4. The minimum atomic E-state index is -0.168. The highest BCUT2D eigenvalue weighted by Gasteiger charge is 2.08. The summed E-state index contributed by atoms with van der Waals surface area (Å²) < 4.78 is 5.25. The van der Waals surface area contributed by atoms with Gasteiger partial charge in [0.25, 0.3) is 5.91 Å². The van der Waals surface area contributed by atoms with Crippen molar-refractivity contribution in [3.05, 3.63) is 54.2 Å². The maximum absolute atomic E-state index is 11.9. The lowest BCUT2D eigenvalue weighted by Gasteiger charge is -2.05. The molecule has 1 amide bonds. The van der Waals surface area contributed by atoms with Crippen LogP contribution in [0.15, 0.2) is 43.1 Å². The lowest BCUT2D eigenvalue weighted by atomic mass is 10.1. The van der Waals surface area contributed by atoms with E-state index >= 15 is 0 Å². The van der Waals surface area contributed by atoms with Gasteiger partial charge in [0.1, 0.15) is 12.1 Å². The van der Waals surface area contributed by atoms with Gasteiger partial charge in [0.2, 0.25) is 0 Å². The van der Waals surface area contributed by atoms with Crippen molar-refractivity contribution >= 4 is 16.8 Å². The zero-order valence-electron chi connectivity index (χ0n) is 12.2. The van der Waals surface area contributed by atoms with Gasteiger partial charge in [-0.05, 0) is 30.2 Å². The number of carbonyl (C=O) groups excluding carboxylic acids is 1. The fourth-order valence-corrected chi connectivity index (χ4v) is 2.32. The summed E-state index contributed by atoms with van der Waals surface area (Å²) in [5, 5.41) is 3.97. The Morgan fingerprint density at radius 3 is 2.91 bits per heavy atom. The smallest absolute Gasteiger partial charge is 0.254 e. The average molecular weight is 296 g/mol. The van der Waals surface area contributed by atoms with E-state index in [-0.39, 0.29) is 5.91 Å². The van der Waals surface area contributed by atoms with E-state index in [1.807, 2.05) is 24.4 Å². The molecule has 0 aliphatic heterocycles. The molecule has 3 aromatic rings. The van der Waals surface area contributed by atoms with E-state index in [0.29, 0.717) is 12.1 Å². The van der Waals surface area contributed by atoms with Crippen molar-refractivity contribution in [1.82, 2.24) is 20.3 Å². The summed E-state index contributed by atoms with van der Waals surface area (Å²) in [6, 6.07) is 5.89. The Morgan fingerprint density at radius 2 is 2.14 bits per heavy atom. The monoisotopic (exact) mass is 296 g/mol. The molecule has 2 N–H and O–H groups in total. The van der Waals surface area contributed by atoms with Crippen molar-refractivity contribution in [2.75, 3.05) is 13.7 Å². The molecule has 112 valence electrons. The van der Waals surface area contributed by atoms with E-state index in [4.69, 9.17) is 4.74 Å². The van der Waals surface area contributed by atoms with Gasteiger partial charge in [-0.1, -0.05) is 0 Å². The van der Waals surface area contributed by atoms with E-state index < -0.39 is 0 Å². The number of fused-ring (bicyclic) bond motifs is 1. The molecule has 6 heteroatoms. The summed E-state index contributed by atoms with van der Waals surface area (Å²) in [6.45, 7) is 0.540. The van der Waals surface area contributed by atoms with E-state index in [9.17, 15) is 4.79 Å². The molecule has 0 unspecified atom stereocenters. The van der Waals surface area contributed by atoms with Crippen LogP contribution >= 0.6 is 0 Å². The number of nitrogens with zero attached hydrogens (tertiary/aromatic N) is 2. The minimum Gasteiger partial charge on any atom is -0.497 e. The molecular weight excluding hydrogens is 280 g/mol. The number of nitrogens with one attached hydrogen (secondary N) is 2. The highest BCUT2D eigenvalue weighted by Crippen LogP contribution is 2.23. The van der Waals surface area contributed by atoms with Crippen LogP contribution in [0.25, 0.3) is 10.9 Å². The number of H-pyrrole nitrogens is 1. The topological polar surface area (TPSA) is 79.9 Å². The number of hydrogen-bond donors (Lipinski definition) is 2. The van der Waals surface area contributed by atoms with Gasteiger partial charge in [-0.25, -0.2) is 9.97 Å². The highest BCUT2D eigenvalue weighted by molar-refractivity contribution is 5.93. The van der Waals surface area contributed by atoms with Gasteiger partial charge in [-0.2, -0.15) is 0 Å². The molecule has 3 rings (SSSR count). The van der Waals surface area contributed by atoms with Crippen molar-refractivity contribution in [1.29, 1.82) is 0 Å². The van der Waals surface area contributed by atoms with Gasteiger partial charge >= 0.3 is 0 Å². The minimum absolute atomic E-state index is 0.168. The number of aromatic nitrogens is 3. The number of methoxy groups -OCH3 is 1. The summed E-state index contributed by atoms with van der Waals surface area (Å²) in [5.74, 6) is 0.650. The second kappa shape index (κ2) is 6.26. The first-order valence-corrected chi connectivity index (χ1v) is 6.95. The van der Waals surface area contributed by atoms with Gasteiger partial charge in [0.15, 0.2) is 0 Å². The van der Waals surface area contributed by atoms with Crippen LogP contribution in [-0.2, 0) is 6.42 Å². The first-order chi connectivity index (χ1) is 10.8. The van der Waals surface area contributed by atoms with E-state index in [1.54, 1.807) is 7.11 Å². The molecular formula is C16H16N4O2. The van der Waals surface area contributed by atoms with Crippen LogP contribution in [0.5, 0.6) is 5.75 Å². The number of aromatic amines is 1. The van der Waals surface area contributed by atoms with E-state index in [1.165, 1.54) is 18.7 Å². The normalized spacial score (nSPS) is 10.6.